The Morgan fingerprint density at radius 1 is 1.29 bits per heavy atom. The van der Waals surface area contributed by atoms with Crippen LogP contribution in [0, 0.1) is 0 Å². The fourth-order valence-corrected chi connectivity index (χ4v) is 2.03. The van der Waals surface area contributed by atoms with Gasteiger partial charge in [0.25, 0.3) is 5.91 Å². The molecule has 7 nitrogen and oxygen atoms in total. The van der Waals surface area contributed by atoms with Crippen molar-refractivity contribution in [3.05, 3.63) is 29.5 Å². The summed E-state index contributed by atoms with van der Waals surface area (Å²) in [6.45, 7) is 0. The lowest BCUT2D eigenvalue weighted by atomic mass is 10.0. The maximum absolute atomic E-state index is 12.0. The molecule has 21 heavy (non-hydrogen) atoms. The highest BCUT2D eigenvalue weighted by Gasteiger charge is 2.17. The van der Waals surface area contributed by atoms with Gasteiger partial charge in [0.15, 0.2) is 0 Å². The van der Waals surface area contributed by atoms with Gasteiger partial charge in [0.2, 0.25) is 11.9 Å². The summed E-state index contributed by atoms with van der Waals surface area (Å²) in [6, 6.07) is 5.13. The first kappa shape index (κ1) is 14.7. The topological polar surface area (TPSA) is 101 Å². The first-order valence-corrected chi connectivity index (χ1v) is 6.41. The maximum Gasteiger partial charge on any atom is 0.251 e. The van der Waals surface area contributed by atoms with Crippen molar-refractivity contribution in [2.75, 3.05) is 26.9 Å². The van der Waals surface area contributed by atoms with Gasteiger partial charge < -0.3 is 16.0 Å². The summed E-state index contributed by atoms with van der Waals surface area (Å²) in [6.07, 6.45) is 0.0597. The zero-order valence-corrected chi connectivity index (χ0v) is 12.2. The number of carbonyl (C=O) groups is 2. The average molecular weight is 287 g/mol. The van der Waals surface area contributed by atoms with E-state index in [2.05, 4.69) is 15.3 Å². The summed E-state index contributed by atoms with van der Waals surface area (Å²) in [5, 5.41) is 3.13. The van der Waals surface area contributed by atoms with E-state index >= 15 is 0 Å². The van der Waals surface area contributed by atoms with Crippen molar-refractivity contribution in [2.45, 2.75) is 6.42 Å². The number of fused-ring (bicyclic) bond motifs is 1. The highest BCUT2D eigenvalue weighted by Crippen LogP contribution is 2.22. The molecule has 2 amide bonds. The van der Waals surface area contributed by atoms with Crippen molar-refractivity contribution in [1.29, 1.82) is 0 Å². The smallest absolute Gasteiger partial charge is 0.251 e. The molecular formula is C14H17N5O2. The largest absolute Gasteiger partial charge is 0.368 e. The third kappa shape index (κ3) is 2.91. The second-order valence-corrected chi connectivity index (χ2v) is 4.77. The molecule has 0 bridgehead atoms. The Kier molecular flexibility index (Phi) is 4.02. The molecule has 0 aliphatic rings. The molecule has 0 atom stereocenters. The number of nitrogens with one attached hydrogen (secondary N) is 1. The minimum absolute atomic E-state index is 0.0597. The zero-order valence-electron chi connectivity index (χ0n) is 12.2. The predicted molar refractivity (Wildman–Crippen MR) is 79.7 cm³/mol. The number of nitrogen functional groups attached to an aromatic ring is 1. The predicted octanol–water partition coefficient (Wildman–Crippen LogP) is 0.202. The summed E-state index contributed by atoms with van der Waals surface area (Å²) in [5.41, 5.74) is 7.12. The Morgan fingerprint density at radius 2 is 2.00 bits per heavy atom. The van der Waals surface area contributed by atoms with Gasteiger partial charge in [-0.15, -0.1) is 0 Å². The number of nitrogens with two attached hydrogens (primary N) is 1. The average Bonchev–Trinajstić information content (AvgIpc) is 2.45. The van der Waals surface area contributed by atoms with Gasteiger partial charge in [0, 0.05) is 26.5 Å². The molecule has 1 aromatic carbocycles. The van der Waals surface area contributed by atoms with Crippen molar-refractivity contribution in [3.8, 4) is 0 Å². The molecule has 0 aliphatic carbocycles. The number of hydrogen-bond acceptors (Lipinski definition) is 5. The van der Waals surface area contributed by atoms with Crippen molar-refractivity contribution in [3.63, 3.8) is 0 Å². The Balaban J connectivity index is 2.67. The van der Waals surface area contributed by atoms with Crippen LogP contribution in [0.3, 0.4) is 0 Å². The molecule has 7 heteroatoms. The monoisotopic (exact) mass is 287 g/mol. The van der Waals surface area contributed by atoms with Crippen LogP contribution >= 0.6 is 0 Å². The number of nitrogens with zero attached hydrogens (tertiary/aromatic N) is 3. The minimum atomic E-state index is -0.257. The molecule has 0 unspecified atom stereocenters. The van der Waals surface area contributed by atoms with E-state index in [4.69, 9.17) is 5.73 Å². The van der Waals surface area contributed by atoms with E-state index in [0.29, 0.717) is 22.2 Å². The molecule has 110 valence electrons. The quantitative estimate of drug-likeness (QED) is 0.840. The highest BCUT2D eigenvalue weighted by molar-refractivity contribution is 6.07. The van der Waals surface area contributed by atoms with Crippen LogP contribution in [0.5, 0.6) is 0 Å². The van der Waals surface area contributed by atoms with Crippen LogP contribution in [0.1, 0.15) is 16.1 Å². The molecule has 0 saturated carbocycles. The first-order valence-electron chi connectivity index (χ1n) is 6.41. The summed E-state index contributed by atoms with van der Waals surface area (Å²) in [7, 11) is 4.87. The molecule has 0 saturated heterocycles. The van der Waals surface area contributed by atoms with Gasteiger partial charge >= 0.3 is 0 Å². The normalized spacial score (nSPS) is 10.4. The van der Waals surface area contributed by atoms with Gasteiger partial charge in [0.05, 0.1) is 23.2 Å². The fourth-order valence-electron chi connectivity index (χ4n) is 2.03. The van der Waals surface area contributed by atoms with E-state index in [9.17, 15) is 9.59 Å². The van der Waals surface area contributed by atoms with Crippen molar-refractivity contribution >= 4 is 28.7 Å². The second-order valence-electron chi connectivity index (χ2n) is 4.77. The molecular weight excluding hydrogens is 270 g/mol. The Labute approximate surface area is 122 Å². The number of rotatable bonds is 3. The summed E-state index contributed by atoms with van der Waals surface area (Å²) in [4.78, 5) is 33.7. The van der Waals surface area contributed by atoms with Crippen molar-refractivity contribution < 1.29 is 9.59 Å². The van der Waals surface area contributed by atoms with Crippen LogP contribution in [-0.2, 0) is 11.2 Å². The molecule has 1 heterocycles. The third-order valence-electron chi connectivity index (χ3n) is 3.10. The lowest BCUT2D eigenvalue weighted by molar-refractivity contribution is -0.127. The number of carbonyl (C=O) groups excluding carboxylic acids is 2. The van der Waals surface area contributed by atoms with Gasteiger partial charge in [0.1, 0.15) is 0 Å². The van der Waals surface area contributed by atoms with E-state index in [-0.39, 0.29) is 24.2 Å². The van der Waals surface area contributed by atoms with E-state index < -0.39 is 0 Å². The number of amides is 2. The SMILES string of the molecule is CNC(=O)c1cccc2nc(N)nc(CC(=O)N(C)C)c12. The molecule has 0 fully saturated rings. The van der Waals surface area contributed by atoms with Crippen LogP contribution in [0.15, 0.2) is 18.2 Å². The number of anilines is 1. The summed E-state index contributed by atoms with van der Waals surface area (Å²) >= 11 is 0. The van der Waals surface area contributed by atoms with Gasteiger partial charge in [-0.2, -0.15) is 0 Å². The molecule has 3 N–H and O–H groups in total. The van der Waals surface area contributed by atoms with Crippen molar-refractivity contribution in [1.82, 2.24) is 20.2 Å². The third-order valence-corrected chi connectivity index (χ3v) is 3.10. The number of aromatic nitrogens is 2. The van der Waals surface area contributed by atoms with Crippen LogP contribution in [-0.4, -0.2) is 47.8 Å². The maximum atomic E-state index is 12.0. The first-order chi connectivity index (χ1) is 9.93. The molecule has 2 aromatic rings. The van der Waals surface area contributed by atoms with Crippen LogP contribution in [0.4, 0.5) is 5.95 Å². The Morgan fingerprint density at radius 3 is 2.62 bits per heavy atom. The lowest BCUT2D eigenvalue weighted by Gasteiger charge is -2.13. The molecule has 0 spiro atoms. The van der Waals surface area contributed by atoms with Gasteiger partial charge in [-0.05, 0) is 12.1 Å². The van der Waals surface area contributed by atoms with Gasteiger partial charge in [-0.25, -0.2) is 9.97 Å². The highest BCUT2D eigenvalue weighted by atomic mass is 16.2. The van der Waals surface area contributed by atoms with E-state index in [1.54, 1.807) is 39.3 Å². The molecule has 2 rings (SSSR count). The second kappa shape index (κ2) is 5.74. The summed E-state index contributed by atoms with van der Waals surface area (Å²) in [5.74, 6) is -0.299. The van der Waals surface area contributed by atoms with Crippen molar-refractivity contribution in [2.24, 2.45) is 0 Å². The van der Waals surface area contributed by atoms with Crippen LogP contribution in [0.2, 0.25) is 0 Å². The van der Waals surface area contributed by atoms with E-state index in [0.717, 1.165) is 0 Å². The number of likely N-dealkylation sites (N-methyl/N-ethyl adjacent to an activating group) is 1. The zero-order chi connectivity index (χ0) is 15.6. The van der Waals surface area contributed by atoms with Crippen LogP contribution in [0.25, 0.3) is 10.9 Å². The van der Waals surface area contributed by atoms with Crippen LogP contribution < -0.4 is 11.1 Å². The Bertz CT molecular complexity index is 712. The fraction of sp³-hybridized carbons (Fsp3) is 0.286. The van der Waals surface area contributed by atoms with E-state index in [1.165, 1.54) is 4.90 Å². The van der Waals surface area contributed by atoms with Gasteiger partial charge in [-0.3, -0.25) is 9.59 Å². The summed E-state index contributed by atoms with van der Waals surface area (Å²) < 4.78 is 0. The lowest BCUT2D eigenvalue weighted by Crippen LogP contribution is -2.25. The van der Waals surface area contributed by atoms with E-state index in [1.807, 2.05) is 0 Å². The molecule has 1 aromatic heterocycles. The molecule has 0 aliphatic heterocycles. The number of hydrogen-bond donors (Lipinski definition) is 2. The van der Waals surface area contributed by atoms with Gasteiger partial charge in [-0.1, -0.05) is 6.07 Å². The standard InChI is InChI=1S/C14H17N5O2/c1-16-13(21)8-5-4-6-9-12(8)10(18-14(15)17-9)7-11(20)19(2)3/h4-6H,7H2,1-3H3,(H,16,21)(H2,15,17,18). The molecule has 0 radical (unpaired) electrons. The number of benzene rings is 1. The minimum Gasteiger partial charge on any atom is -0.368 e. The Hall–Kier alpha value is -2.70.